The first kappa shape index (κ1) is 28.8. The summed E-state index contributed by atoms with van der Waals surface area (Å²) in [5.41, 5.74) is 9.66. The van der Waals surface area contributed by atoms with E-state index in [1.165, 1.54) is 30.5 Å². The van der Waals surface area contributed by atoms with E-state index in [0.29, 0.717) is 45.7 Å². The molecule has 0 aliphatic carbocycles. The maximum absolute atomic E-state index is 13.7. The number of benzene rings is 2. The molecule has 1 atom stereocenters. The first-order chi connectivity index (χ1) is 19.0. The summed E-state index contributed by atoms with van der Waals surface area (Å²) in [6.07, 6.45) is 2.94. The Labute approximate surface area is 233 Å². The molecule has 11 heteroatoms. The van der Waals surface area contributed by atoms with Gasteiger partial charge in [0.1, 0.15) is 5.75 Å². The summed E-state index contributed by atoms with van der Waals surface area (Å²) in [5, 5.41) is 4.11. The smallest absolute Gasteiger partial charge is 0.263 e. The first-order valence-electron chi connectivity index (χ1n) is 12.8. The van der Waals surface area contributed by atoms with Crippen molar-refractivity contribution in [1.82, 2.24) is 9.88 Å². The Hall–Kier alpha value is -4.22. The lowest BCUT2D eigenvalue weighted by atomic mass is 10.1. The minimum Gasteiger partial charge on any atom is -0.495 e. The van der Waals surface area contributed by atoms with Crippen LogP contribution in [0.3, 0.4) is 0 Å². The standard InChI is InChI=1S/C29H35F2N7O2/c1-18-5-6-19(12-27(18)38(33)17-26(32)21-11-25(40-4)15-34-14-21)29(39)35-22-9-20(28(30)31)10-24(13-22)37-8-7-23(16-37)36(2)3/h5-6,9-15,17,23,28H,7-8,16,32-33H2,1-4H3,(H,35,39)/b26-17-. The van der Waals surface area contributed by atoms with E-state index in [1.807, 2.05) is 21.0 Å². The normalized spacial score (nSPS) is 15.6. The number of nitrogens with one attached hydrogen (secondary N) is 1. The van der Waals surface area contributed by atoms with Crippen molar-refractivity contribution in [3.63, 3.8) is 0 Å². The summed E-state index contributed by atoms with van der Waals surface area (Å²) in [6, 6.07) is 11.6. The third kappa shape index (κ3) is 6.67. The largest absolute Gasteiger partial charge is 0.495 e. The van der Waals surface area contributed by atoms with Crippen LogP contribution in [0.25, 0.3) is 5.70 Å². The number of pyridine rings is 1. The van der Waals surface area contributed by atoms with E-state index < -0.39 is 12.3 Å². The SMILES string of the molecule is COc1cncc(/C(N)=C/N(N)c2cc(C(=O)Nc3cc(C(F)F)cc(N4CCC(N(C)C)C4)c3)ccc2C)c1. The minimum atomic E-state index is -2.67. The highest BCUT2D eigenvalue weighted by Gasteiger charge is 2.25. The number of alkyl halides is 2. The van der Waals surface area contributed by atoms with Gasteiger partial charge in [-0.15, -0.1) is 0 Å². The van der Waals surface area contributed by atoms with Crippen molar-refractivity contribution in [1.29, 1.82) is 0 Å². The zero-order valence-electron chi connectivity index (χ0n) is 23.1. The van der Waals surface area contributed by atoms with Gasteiger partial charge in [-0.2, -0.15) is 0 Å². The Morgan fingerprint density at radius 1 is 1.18 bits per heavy atom. The number of hydrogen-bond donors (Lipinski definition) is 3. The Bertz CT molecular complexity index is 1400. The molecule has 1 fully saturated rings. The van der Waals surface area contributed by atoms with Crippen LogP contribution in [0, 0.1) is 6.92 Å². The molecule has 2 aromatic carbocycles. The lowest BCUT2D eigenvalue weighted by Crippen LogP contribution is -2.31. The quantitative estimate of drug-likeness (QED) is 0.266. The molecule has 9 nitrogen and oxygen atoms in total. The average molecular weight is 552 g/mol. The third-order valence-corrected chi connectivity index (χ3v) is 7.02. The second-order valence-electron chi connectivity index (χ2n) is 10.0. The molecule has 4 rings (SSSR count). The van der Waals surface area contributed by atoms with Crippen molar-refractivity contribution < 1.29 is 18.3 Å². The van der Waals surface area contributed by atoms with Crippen LogP contribution in [0.4, 0.5) is 25.8 Å². The number of ether oxygens (including phenoxy) is 1. The van der Waals surface area contributed by atoms with Gasteiger partial charge in [-0.1, -0.05) is 6.07 Å². The molecule has 0 bridgehead atoms. The van der Waals surface area contributed by atoms with Gasteiger partial charge >= 0.3 is 0 Å². The number of rotatable bonds is 9. The number of halogens is 2. The van der Waals surface area contributed by atoms with E-state index in [-0.39, 0.29) is 5.56 Å². The molecular weight excluding hydrogens is 516 g/mol. The fraction of sp³-hybridized carbons (Fsp3) is 0.310. The van der Waals surface area contributed by atoms with Gasteiger partial charge in [-0.05, 0) is 69.4 Å². The van der Waals surface area contributed by atoms with Gasteiger partial charge in [0.15, 0.2) is 0 Å². The van der Waals surface area contributed by atoms with Gasteiger partial charge in [0.25, 0.3) is 12.3 Å². The molecule has 40 heavy (non-hydrogen) atoms. The van der Waals surface area contributed by atoms with Crippen molar-refractivity contribution in [2.75, 3.05) is 49.5 Å². The number of methoxy groups -OCH3 is 1. The van der Waals surface area contributed by atoms with E-state index in [9.17, 15) is 13.6 Å². The predicted molar refractivity (Wildman–Crippen MR) is 154 cm³/mol. The van der Waals surface area contributed by atoms with Crippen LogP contribution in [0.1, 0.15) is 39.9 Å². The fourth-order valence-corrected chi connectivity index (χ4v) is 4.63. The van der Waals surface area contributed by atoms with E-state index in [2.05, 4.69) is 20.1 Å². The molecule has 0 radical (unpaired) electrons. The minimum absolute atomic E-state index is 0.147. The summed E-state index contributed by atoms with van der Waals surface area (Å²) < 4.78 is 32.7. The van der Waals surface area contributed by atoms with E-state index in [1.54, 1.807) is 42.7 Å². The number of hydrogen-bond acceptors (Lipinski definition) is 8. The molecule has 1 unspecified atom stereocenters. The molecule has 0 spiro atoms. The summed E-state index contributed by atoms with van der Waals surface area (Å²) in [7, 11) is 5.55. The second kappa shape index (κ2) is 12.3. The predicted octanol–water partition coefficient (Wildman–Crippen LogP) is 4.37. The Morgan fingerprint density at radius 3 is 2.62 bits per heavy atom. The molecule has 1 aliphatic heterocycles. The molecular formula is C29H35F2N7O2. The van der Waals surface area contributed by atoms with E-state index >= 15 is 0 Å². The van der Waals surface area contributed by atoms with Gasteiger partial charge in [-0.25, -0.2) is 14.6 Å². The number of amides is 1. The summed E-state index contributed by atoms with van der Waals surface area (Å²) in [6.45, 7) is 3.33. The number of aromatic nitrogens is 1. The molecule has 5 N–H and O–H groups in total. The zero-order chi connectivity index (χ0) is 29.0. The van der Waals surface area contributed by atoms with Gasteiger partial charge < -0.3 is 25.6 Å². The van der Waals surface area contributed by atoms with Crippen LogP contribution in [-0.2, 0) is 0 Å². The van der Waals surface area contributed by atoms with Gasteiger partial charge in [0.2, 0.25) is 0 Å². The average Bonchev–Trinajstić information content (AvgIpc) is 3.44. The monoisotopic (exact) mass is 551 g/mol. The number of hydrazine groups is 1. The molecule has 2 heterocycles. The maximum atomic E-state index is 13.7. The lowest BCUT2D eigenvalue weighted by molar-refractivity contribution is 0.102. The van der Waals surface area contributed by atoms with Crippen LogP contribution in [0.2, 0.25) is 0 Å². The Balaban J connectivity index is 1.56. The highest BCUT2D eigenvalue weighted by atomic mass is 19.3. The lowest BCUT2D eigenvalue weighted by Gasteiger charge is -2.23. The van der Waals surface area contributed by atoms with Gasteiger partial charge in [0.05, 0.1) is 24.7 Å². The number of carbonyl (C=O) groups excluding carboxylic acids is 1. The topological polar surface area (TPSA) is 113 Å². The van der Waals surface area contributed by atoms with Gasteiger partial charge in [0, 0.05) is 59.6 Å². The third-order valence-electron chi connectivity index (χ3n) is 7.02. The molecule has 3 aromatic rings. The number of aryl methyl sites for hydroxylation is 1. The zero-order valence-corrected chi connectivity index (χ0v) is 23.1. The number of carbonyl (C=O) groups is 1. The van der Waals surface area contributed by atoms with Crippen molar-refractivity contribution in [3.05, 3.63) is 83.3 Å². The van der Waals surface area contributed by atoms with Crippen molar-refractivity contribution in [2.24, 2.45) is 11.6 Å². The molecule has 212 valence electrons. The van der Waals surface area contributed by atoms with Crippen molar-refractivity contribution in [3.8, 4) is 5.75 Å². The number of nitrogens with two attached hydrogens (primary N) is 2. The van der Waals surface area contributed by atoms with Crippen LogP contribution < -0.4 is 31.5 Å². The number of anilines is 3. The maximum Gasteiger partial charge on any atom is 0.263 e. The Kier molecular flexibility index (Phi) is 8.86. The first-order valence-corrected chi connectivity index (χ1v) is 12.8. The summed E-state index contributed by atoms with van der Waals surface area (Å²) in [4.78, 5) is 21.5. The number of likely N-dealkylation sites (N-methyl/N-ethyl adjacent to an activating group) is 1. The molecule has 1 amide bonds. The summed E-state index contributed by atoms with van der Waals surface area (Å²) >= 11 is 0. The van der Waals surface area contributed by atoms with Crippen LogP contribution in [-0.4, -0.2) is 56.1 Å². The molecule has 0 saturated carbocycles. The van der Waals surface area contributed by atoms with Gasteiger partial charge in [-0.3, -0.25) is 14.8 Å². The van der Waals surface area contributed by atoms with Crippen molar-refractivity contribution in [2.45, 2.75) is 25.8 Å². The molecule has 1 saturated heterocycles. The van der Waals surface area contributed by atoms with Crippen LogP contribution in [0.15, 0.2) is 61.1 Å². The van der Waals surface area contributed by atoms with Crippen LogP contribution >= 0.6 is 0 Å². The van der Waals surface area contributed by atoms with E-state index in [4.69, 9.17) is 16.3 Å². The Morgan fingerprint density at radius 2 is 1.95 bits per heavy atom. The molecule has 1 aliphatic rings. The van der Waals surface area contributed by atoms with Crippen LogP contribution in [0.5, 0.6) is 5.75 Å². The number of nitrogens with zero attached hydrogens (tertiary/aromatic N) is 4. The van der Waals surface area contributed by atoms with E-state index in [0.717, 1.165) is 25.1 Å². The second-order valence-corrected chi connectivity index (χ2v) is 10.0. The highest BCUT2D eigenvalue weighted by molar-refractivity contribution is 6.05. The fourth-order valence-electron chi connectivity index (χ4n) is 4.63. The summed E-state index contributed by atoms with van der Waals surface area (Å²) in [5.74, 6) is 6.40. The highest BCUT2D eigenvalue weighted by Crippen LogP contribution is 2.31. The molecule has 1 aromatic heterocycles. The van der Waals surface area contributed by atoms with Crippen molar-refractivity contribution >= 4 is 28.7 Å².